The zero-order chi connectivity index (χ0) is 17.4. The van der Waals surface area contributed by atoms with Crippen LogP contribution in [0, 0.1) is 0 Å². The van der Waals surface area contributed by atoms with E-state index in [4.69, 9.17) is 0 Å². The van der Waals surface area contributed by atoms with Crippen LogP contribution in [-0.2, 0) is 10.0 Å². The van der Waals surface area contributed by atoms with Crippen molar-refractivity contribution < 1.29 is 8.42 Å². The maximum atomic E-state index is 12.5. The van der Waals surface area contributed by atoms with Gasteiger partial charge in [0.1, 0.15) is 5.01 Å². The molecular weight excluding hydrogens is 360 g/mol. The van der Waals surface area contributed by atoms with Gasteiger partial charge in [-0.05, 0) is 42.5 Å². The number of hydrogen-bond acceptors (Lipinski definition) is 5. The molecule has 0 radical (unpaired) electrons. The Hall–Kier alpha value is -2.91. The molecular formula is C16H12N4O3S2. The van der Waals surface area contributed by atoms with Crippen molar-refractivity contribution >= 4 is 38.1 Å². The third-order valence-electron chi connectivity index (χ3n) is 3.61. The number of nitrogens with one attached hydrogen (secondary N) is 3. The number of aromatic nitrogens is 3. The number of anilines is 1. The Kier molecular flexibility index (Phi) is 3.66. The van der Waals surface area contributed by atoms with Crippen molar-refractivity contribution in [2.75, 3.05) is 4.72 Å². The van der Waals surface area contributed by atoms with E-state index in [9.17, 15) is 13.2 Å². The number of rotatable bonds is 4. The van der Waals surface area contributed by atoms with Gasteiger partial charge < -0.3 is 9.97 Å². The molecule has 2 heterocycles. The van der Waals surface area contributed by atoms with E-state index in [0.29, 0.717) is 16.7 Å². The van der Waals surface area contributed by atoms with Gasteiger partial charge >= 0.3 is 5.69 Å². The highest BCUT2D eigenvalue weighted by molar-refractivity contribution is 7.92. The second kappa shape index (κ2) is 5.87. The lowest BCUT2D eigenvalue weighted by atomic mass is 10.2. The first-order valence-corrected chi connectivity index (χ1v) is 9.62. The van der Waals surface area contributed by atoms with Crippen LogP contribution >= 0.6 is 11.3 Å². The van der Waals surface area contributed by atoms with Gasteiger partial charge in [0.2, 0.25) is 0 Å². The van der Waals surface area contributed by atoms with Gasteiger partial charge in [-0.15, -0.1) is 11.3 Å². The Morgan fingerprint density at radius 2 is 1.76 bits per heavy atom. The molecule has 0 aliphatic rings. The summed E-state index contributed by atoms with van der Waals surface area (Å²) >= 11 is 1.51. The van der Waals surface area contributed by atoms with Crippen molar-refractivity contribution in [3.63, 3.8) is 0 Å². The van der Waals surface area contributed by atoms with Crippen LogP contribution in [0.4, 0.5) is 5.69 Å². The predicted octanol–water partition coefficient (Wildman–Crippen LogP) is 2.78. The molecule has 3 N–H and O–H groups in total. The molecule has 0 saturated heterocycles. The molecule has 126 valence electrons. The lowest BCUT2D eigenvalue weighted by Gasteiger charge is -2.08. The van der Waals surface area contributed by atoms with E-state index in [0.717, 1.165) is 10.6 Å². The second-order valence-corrected chi connectivity index (χ2v) is 7.88. The van der Waals surface area contributed by atoms with Crippen molar-refractivity contribution in [2.24, 2.45) is 0 Å². The normalized spacial score (nSPS) is 11.7. The molecule has 9 heteroatoms. The molecule has 25 heavy (non-hydrogen) atoms. The highest BCUT2D eigenvalue weighted by Gasteiger charge is 2.15. The third kappa shape index (κ3) is 3.06. The maximum absolute atomic E-state index is 12.5. The number of fused-ring (bicyclic) bond motifs is 1. The molecule has 7 nitrogen and oxygen atoms in total. The topological polar surface area (TPSA) is 108 Å². The van der Waals surface area contributed by atoms with E-state index in [1.807, 2.05) is 17.5 Å². The fourth-order valence-corrected chi connectivity index (χ4v) is 4.17. The second-order valence-electron chi connectivity index (χ2n) is 5.31. The maximum Gasteiger partial charge on any atom is 0.323 e. The first-order chi connectivity index (χ1) is 12.0. The molecule has 0 saturated carbocycles. The molecule has 4 rings (SSSR count). The quantitative estimate of drug-likeness (QED) is 0.512. The summed E-state index contributed by atoms with van der Waals surface area (Å²) in [6.07, 6.45) is 1.72. The van der Waals surface area contributed by atoms with Crippen LogP contribution in [-0.4, -0.2) is 23.4 Å². The minimum atomic E-state index is -3.76. The van der Waals surface area contributed by atoms with Crippen molar-refractivity contribution in [3.05, 3.63) is 64.5 Å². The molecule has 0 bridgehead atoms. The van der Waals surface area contributed by atoms with Crippen molar-refractivity contribution in [2.45, 2.75) is 4.90 Å². The molecule has 2 aromatic carbocycles. The van der Waals surface area contributed by atoms with Gasteiger partial charge in [-0.1, -0.05) is 0 Å². The Balaban J connectivity index is 1.62. The van der Waals surface area contributed by atoms with E-state index >= 15 is 0 Å². The number of H-pyrrole nitrogens is 2. The highest BCUT2D eigenvalue weighted by atomic mass is 32.2. The van der Waals surface area contributed by atoms with Gasteiger partial charge in [0, 0.05) is 22.8 Å². The van der Waals surface area contributed by atoms with Crippen LogP contribution in [0.1, 0.15) is 0 Å². The molecule has 4 aromatic rings. The molecule has 0 spiro atoms. The number of benzene rings is 2. The molecule has 0 fully saturated rings. The zero-order valence-corrected chi connectivity index (χ0v) is 14.3. The largest absolute Gasteiger partial charge is 0.323 e. The minimum Gasteiger partial charge on any atom is -0.306 e. The predicted molar refractivity (Wildman–Crippen MR) is 97.3 cm³/mol. The number of nitrogens with zero attached hydrogens (tertiary/aromatic N) is 1. The summed E-state index contributed by atoms with van der Waals surface area (Å²) < 4.78 is 27.6. The van der Waals surface area contributed by atoms with Crippen LogP contribution < -0.4 is 10.4 Å². The lowest BCUT2D eigenvalue weighted by molar-refractivity contribution is 0.601. The van der Waals surface area contributed by atoms with Crippen molar-refractivity contribution in [1.29, 1.82) is 0 Å². The molecule has 0 unspecified atom stereocenters. The SMILES string of the molecule is O=c1[nH]c2ccc(S(=O)(=O)Nc3ccc(-c4nccs4)cc3)cc2[nH]1. The third-order valence-corrected chi connectivity index (χ3v) is 5.82. The van der Waals surface area contributed by atoms with Gasteiger partial charge in [-0.25, -0.2) is 18.2 Å². The molecule has 2 aromatic heterocycles. The highest BCUT2D eigenvalue weighted by Crippen LogP contribution is 2.24. The Bertz CT molecular complexity index is 1190. The van der Waals surface area contributed by atoms with Crippen LogP contribution in [0.15, 0.2) is 63.7 Å². The summed E-state index contributed by atoms with van der Waals surface area (Å²) in [7, 11) is -3.76. The van der Waals surface area contributed by atoms with E-state index in [1.54, 1.807) is 24.4 Å². The van der Waals surface area contributed by atoms with E-state index < -0.39 is 10.0 Å². The number of hydrogen-bond donors (Lipinski definition) is 3. The summed E-state index contributed by atoms with van der Waals surface area (Å²) in [6, 6.07) is 11.4. The average molecular weight is 372 g/mol. The summed E-state index contributed by atoms with van der Waals surface area (Å²) in [5.74, 6) is 0. The van der Waals surface area contributed by atoms with E-state index in [2.05, 4.69) is 19.7 Å². The van der Waals surface area contributed by atoms with Crippen LogP contribution in [0.3, 0.4) is 0 Å². The molecule has 0 aliphatic heterocycles. The van der Waals surface area contributed by atoms with Gasteiger partial charge in [-0.2, -0.15) is 0 Å². The van der Waals surface area contributed by atoms with Crippen molar-refractivity contribution in [1.82, 2.24) is 15.0 Å². The van der Waals surface area contributed by atoms with Crippen LogP contribution in [0.5, 0.6) is 0 Å². The first kappa shape index (κ1) is 15.6. The van der Waals surface area contributed by atoms with Gasteiger partial charge in [0.15, 0.2) is 0 Å². The Morgan fingerprint density at radius 3 is 2.48 bits per heavy atom. The van der Waals surface area contributed by atoms with Crippen LogP contribution in [0.2, 0.25) is 0 Å². The number of imidazole rings is 1. The number of sulfonamides is 1. The lowest BCUT2D eigenvalue weighted by Crippen LogP contribution is -2.12. The Labute approximate surface area is 146 Å². The summed E-state index contributed by atoms with van der Waals surface area (Å²) in [5.41, 5.74) is 1.98. The van der Waals surface area contributed by atoms with E-state index in [-0.39, 0.29) is 10.6 Å². The van der Waals surface area contributed by atoms with E-state index in [1.165, 1.54) is 23.5 Å². The van der Waals surface area contributed by atoms with Crippen molar-refractivity contribution in [3.8, 4) is 10.6 Å². The average Bonchev–Trinajstić information content (AvgIpc) is 3.22. The Morgan fingerprint density at radius 1 is 1.00 bits per heavy atom. The fourth-order valence-electron chi connectivity index (χ4n) is 2.44. The smallest absolute Gasteiger partial charge is 0.306 e. The van der Waals surface area contributed by atoms with Gasteiger partial charge in [0.05, 0.1) is 15.9 Å². The minimum absolute atomic E-state index is 0.0688. The standard InChI is InChI=1S/C16H12N4O3S2/c21-16-18-13-6-5-12(9-14(13)19-16)25(22,23)20-11-3-1-10(2-4-11)15-17-7-8-24-15/h1-9,20H,(H2,18,19,21). The molecule has 0 aliphatic carbocycles. The summed E-state index contributed by atoms with van der Waals surface area (Å²) in [4.78, 5) is 20.7. The van der Waals surface area contributed by atoms with Crippen LogP contribution in [0.25, 0.3) is 21.6 Å². The molecule has 0 amide bonds. The zero-order valence-electron chi connectivity index (χ0n) is 12.7. The van der Waals surface area contributed by atoms with Gasteiger partial charge in [0.25, 0.3) is 10.0 Å². The fraction of sp³-hybridized carbons (Fsp3) is 0. The van der Waals surface area contributed by atoms with Gasteiger partial charge in [-0.3, -0.25) is 4.72 Å². The first-order valence-electron chi connectivity index (χ1n) is 7.26. The summed E-state index contributed by atoms with van der Waals surface area (Å²) in [5, 5.41) is 2.75. The number of aromatic amines is 2. The number of thiazole rings is 1. The summed E-state index contributed by atoms with van der Waals surface area (Å²) in [6.45, 7) is 0. The molecule has 0 atom stereocenters. The monoisotopic (exact) mass is 372 g/mol.